The topological polar surface area (TPSA) is 115 Å². The minimum atomic E-state index is -1.58. The fourth-order valence-corrected chi connectivity index (χ4v) is 1.36. The highest BCUT2D eigenvalue weighted by molar-refractivity contribution is 5.80. The van der Waals surface area contributed by atoms with Gasteiger partial charge in [0, 0.05) is 11.3 Å². The zero-order chi connectivity index (χ0) is 13.0. The van der Waals surface area contributed by atoms with E-state index in [1.807, 2.05) is 0 Å². The molecule has 0 radical (unpaired) electrons. The smallest absolute Gasteiger partial charge is 0.334 e. The Morgan fingerprint density at radius 2 is 2.12 bits per heavy atom. The summed E-state index contributed by atoms with van der Waals surface area (Å²) < 4.78 is 0. The summed E-state index contributed by atoms with van der Waals surface area (Å²) in [5.41, 5.74) is 2.32. The van der Waals surface area contributed by atoms with Crippen LogP contribution in [-0.2, 0) is 16.0 Å². The number of carbonyl (C=O) groups excluding carboxylic acids is 1. The number of amides is 1. The number of H-pyrrole nitrogens is 1. The molecule has 0 aliphatic heterocycles. The van der Waals surface area contributed by atoms with Crippen LogP contribution in [0, 0.1) is 13.8 Å². The summed E-state index contributed by atoms with van der Waals surface area (Å²) in [6, 6.07) is 0. The van der Waals surface area contributed by atoms with Crippen molar-refractivity contribution in [2.75, 3.05) is 6.54 Å². The van der Waals surface area contributed by atoms with E-state index in [0.717, 1.165) is 17.0 Å². The van der Waals surface area contributed by atoms with E-state index in [9.17, 15) is 9.59 Å². The molecule has 1 heterocycles. The van der Waals surface area contributed by atoms with Gasteiger partial charge in [0.15, 0.2) is 6.10 Å². The van der Waals surface area contributed by atoms with Crippen LogP contribution in [0.4, 0.5) is 0 Å². The van der Waals surface area contributed by atoms with Crippen LogP contribution >= 0.6 is 0 Å². The van der Waals surface area contributed by atoms with Crippen molar-refractivity contribution >= 4 is 11.9 Å². The highest BCUT2D eigenvalue weighted by atomic mass is 16.4. The van der Waals surface area contributed by atoms with Gasteiger partial charge in [-0.05, 0) is 13.8 Å². The molecule has 7 nitrogen and oxygen atoms in total. The van der Waals surface area contributed by atoms with Gasteiger partial charge in [-0.25, -0.2) is 4.79 Å². The fourth-order valence-electron chi connectivity index (χ4n) is 1.36. The second-order valence-electron chi connectivity index (χ2n) is 3.75. The van der Waals surface area contributed by atoms with Crippen LogP contribution in [0.1, 0.15) is 17.0 Å². The van der Waals surface area contributed by atoms with Gasteiger partial charge in [-0.1, -0.05) is 0 Å². The van der Waals surface area contributed by atoms with E-state index < -0.39 is 12.1 Å². The van der Waals surface area contributed by atoms with Gasteiger partial charge >= 0.3 is 5.97 Å². The van der Waals surface area contributed by atoms with Gasteiger partial charge in [0.25, 0.3) is 0 Å². The number of rotatable bonds is 5. The van der Waals surface area contributed by atoms with Gasteiger partial charge in [0.2, 0.25) is 5.91 Å². The number of carboxylic acid groups (broad SMARTS) is 1. The Bertz CT molecular complexity index is 408. The second-order valence-corrected chi connectivity index (χ2v) is 3.75. The first kappa shape index (κ1) is 13.2. The average Bonchev–Trinajstić information content (AvgIpc) is 2.57. The summed E-state index contributed by atoms with van der Waals surface area (Å²) in [7, 11) is 0. The van der Waals surface area contributed by atoms with Crippen molar-refractivity contribution in [3.05, 3.63) is 17.0 Å². The number of hydrogen-bond donors (Lipinski definition) is 4. The van der Waals surface area contributed by atoms with Gasteiger partial charge in [-0.2, -0.15) is 5.10 Å². The molecule has 0 spiro atoms. The largest absolute Gasteiger partial charge is 0.479 e. The SMILES string of the molecule is Cc1n[nH]c(C)c1CC(=O)NC[C@H](O)C(=O)O. The molecule has 17 heavy (non-hydrogen) atoms. The quantitative estimate of drug-likeness (QED) is 0.535. The first-order valence-electron chi connectivity index (χ1n) is 5.09. The Kier molecular flexibility index (Phi) is 4.22. The maximum atomic E-state index is 11.5. The molecule has 1 rings (SSSR count). The highest BCUT2D eigenvalue weighted by Gasteiger charge is 2.16. The predicted octanol–water partition coefficient (Wildman–Crippen LogP) is -0.869. The van der Waals surface area contributed by atoms with Crippen LogP contribution in [-0.4, -0.2) is 44.9 Å². The number of aromatic nitrogens is 2. The maximum absolute atomic E-state index is 11.5. The van der Waals surface area contributed by atoms with Crippen LogP contribution in [0.25, 0.3) is 0 Å². The molecule has 0 aliphatic carbocycles. The number of carboxylic acids is 1. The van der Waals surface area contributed by atoms with Crippen LogP contribution in [0.15, 0.2) is 0 Å². The van der Waals surface area contributed by atoms with Crippen molar-refractivity contribution in [2.45, 2.75) is 26.4 Å². The van der Waals surface area contributed by atoms with Gasteiger partial charge in [-0.15, -0.1) is 0 Å². The molecular weight excluding hydrogens is 226 g/mol. The standard InChI is InChI=1S/C10H15N3O4/c1-5-7(6(2)13-12-5)3-9(15)11-4-8(14)10(16)17/h8,14H,3-4H2,1-2H3,(H,11,15)(H,12,13)(H,16,17)/t8-/m0/s1. The Balaban J connectivity index is 2.48. The van der Waals surface area contributed by atoms with Crippen LogP contribution in [0.2, 0.25) is 0 Å². The summed E-state index contributed by atoms with van der Waals surface area (Å²) in [5, 5.41) is 26.4. The zero-order valence-corrected chi connectivity index (χ0v) is 9.65. The number of nitrogens with zero attached hydrogens (tertiary/aromatic N) is 1. The lowest BCUT2D eigenvalue weighted by Gasteiger charge is -2.07. The summed E-state index contributed by atoms with van der Waals surface area (Å²) >= 11 is 0. The van der Waals surface area contributed by atoms with Crippen LogP contribution < -0.4 is 5.32 Å². The Hall–Kier alpha value is -1.89. The van der Waals surface area contributed by atoms with E-state index in [4.69, 9.17) is 10.2 Å². The number of nitrogens with one attached hydrogen (secondary N) is 2. The third kappa shape index (κ3) is 3.56. The Labute approximate surface area is 97.8 Å². The van der Waals surface area contributed by atoms with Gasteiger partial charge in [0.05, 0.1) is 18.7 Å². The summed E-state index contributed by atoms with van der Waals surface area (Å²) in [5.74, 6) is -1.71. The lowest BCUT2D eigenvalue weighted by atomic mass is 10.1. The average molecular weight is 241 g/mol. The van der Waals surface area contributed by atoms with Crippen molar-refractivity contribution in [3.8, 4) is 0 Å². The minimum absolute atomic E-state index is 0.112. The third-order valence-corrected chi connectivity index (χ3v) is 2.40. The summed E-state index contributed by atoms with van der Waals surface area (Å²) in [6.07, 6.45) is -1.47. The van der Waals surface area contributed by atoms with E-state index in [0.29, 0.717) is 0 Å². The van der Waals surface area contributed by atoms with Crippen LogP contribution in [0.5, 0.6) is 0 Å². The number of aliphatic hydroxyl groups is 1. The van der Waals surface area contributed by atoms with Crippen molar-refractivity contribution in [2.24, 2.45) is 0 Å². The summed E-state index contributed by atoms with van der Waals surface area (Å²) in [4.78, 5) is 21.8. The number of aliphatic carboxylic acids is 1. The molecule has 0 aliphatic rings. The molecule has 0 unspecified atom stereocenters. The van der Waals surface area contributed by atoms with E-state index in [1.54, 1.807) is 13.8 Å². The minimum Gasteiger partial charge on any atom is -0.479 e. The van der Waals surface area contributed by atoms with Gasteiger partial charge in [-0.3, -0.25) is 9.89 Å². The van der Waals surface area contributed by atoms with Crippen molar-refractivity contribution < 1.29 is 19.8 Å². The maximum Gasteiger partial charge on any atom is 0.334 e. The van der Waals surface area contributed by atoms with E-state index >= 15 is 0 Å². The first-order valence-corrected chi connectivity index (χ1v) is 5.09. The van der Waals surface area contributed by atoms with E-state index in [1.165, 1.54) is 0 Å². The van der Waals surface area contributed by atoms with Gasteiger partial charge < -0.3 is 15.5 Å². The molecule has 1 amide bonds. The molecule has 0 bridgehead atoms. The lowest BCUT2D eigenvalue weighted by Crippen LogP contribution is -2.37. The molecule has 7 heteroatoms. The molecule has 1 aromatic rings. The van der Waals surface area contributed by atoms with Gasteiger partial charge in [0.1, 0.15) is 0 Å². The number of carbonyl (C=O) groups is 2. The molecule has 0 saturated carbocycles. The van der Waals surface area contributed by atoms with Crippen LogP contribution in [0.3, 0.4) is 0 Å². The molecular formula is C10H15N3O4. The molecule has 94 valence electrons. The summed E-state index contributed by atoms with van der Waals surface area (Å²) in [6.45, 7) is 3.27. The molecule has 1 aromatic heterocycles. The Morgan fingerprint density at radius 1 is 1.47 bits per heavy atom. The number of aromatic amines is 1. The first-order chi connectivity index (χ1) is 7.91. The number of aryl methyl sites for hydroxylation is 2. The lowest BCUT2D eigenvalue weighted by molar-refractivity contribution is -0.146. The molecule has 0 saturated heterocycles. The van der Waals surface area contributed by atoms with Crippen molar-refractivity contribution in [1.29, 1.82) is 0 Å². The zero-order valence-electron chi connectivity index (χ0n) is 9.65. The molecule has 1 atom stereocenters. The highest BCUT2D eigenvalue weighted by Crippen LogP contribution is 2.09. The normalized spacial score (nSPS) is 12.2. The van der Waals surface area contributed by atoms with E-state index in [2.05, 4.69) is 15.5 Å². The van der Waals surface area contributed by atoms with E-state index in [-0.39, 0.29) is 18.9 Å². The number of aliphatic hydroxyl groups excluding tert-OH is 1. The molecule has 0 aromatic carbocycles. The van der Waals surface area contributed by atoms with Crippen molar-refractivity contribution in [1.82, 2.24) is 15.5 Å². The monoisotopic (exact) mass is 241 g/mol. The predicted molar refractivity (Wildman–Crippen MR) is 58.4 cm³/mol. The fraction of sp³-hybridized carbons (Fsp3) is 0.500. The molecule has 0 fully saturated rings. The third-order valence-electron chi connectivity index (χ3n) is 2.40. The Morgan fingerprint density at radius 3 is 2.59 bits per heavy atom. The number of hydrogen-bond acceptors (Lipinski definition) is 4. The molecule has 4 N–H and O–H groups in total. The second kappa shape index (κ2) is 5.44. The van der Waals surface area contributed by atoms with Crippen molar-refractivity contribution in [3.63, 3.8) is 0 Å².